The van der Waals surface area contributed by atoms with Crippen molar-refractivity contribution in [1.29, 1.82) is 0 Å². The number of benzene rings is 1. The van der Waals surface area contributed by atoms with Gasteiger partial charge in [-0.05, 0) is 39.5 Å². The van der Waals surface area contributed by atoms with Crippen molar-refractivity contribution in [3.05, 3.63) is 49.8 Å². The fraction of sp³-hybridized carbons (Fsp3) is 0. The number of amides is 1. The summed E-state index contributed by atoms with van der Waals surface area (Å²) in [4.78, 5) is 12.3. The Morgan fingerprint density at radius 2 is 2.18 bits per heavy atom. The highest BCUT2D eigenvalue weighted by atomic mass is 79.9. The van der Waals surface area contributed by atoms with Crippen LogP contribution in [0.5, 0.6) is 0 Å². The van der Waals surface area contributed by atoms with Gasteiger partial charge >= 0.3 is 0 Å². The number of carbonyl (C=O) groups is 1. The average molecular weight is 335 g/mol. The molecule has 0 aliphatic carbocycles. The number of halogens is 3. The second kappa shape index (κ2) is 5.16. The highest BCUT2D eigenvalue weighted by Crippen LogP contribution is 2.28. The van der Waals surface area contributed by atoms with Gasteiger partial charge in [-0.25, -0.2) is 4.39 Å². The van der Waals surface area contributed by atoms with Gasteiger partial charge in [0.05, 0.1) is 10.7 Å². The molecule has 0 spiro atoms. The Balaban J connectivity index is 2.28. The van der Waals surface area contributed by atoms with E-state index >= 15 is 0 Å². The van der Waals surface area contributed by atoms with E-state index in [4.69, 9.17) is 11.6 Å². The van der Waals surface area contributed by atoms with Crippen LogP contribution in [0.15, 0.2) is 34.1 Å². The standard InChI is InChI=1S/C11H6BrClFNOS/c12-6-4-5-17-10(6)11(16)15-9-7(13)2-1-3-8(9)14/h1-5H,(H,15,16). The Bertz CT molecular complexity index is 552. The summed E-state index contributed by atoms with van der Waals surface area (Å²) < 4.78 is 14.1. The van der Waals surface area contributed by atoms with E-state index in [0.29, 0.717) is 9.35 Å². The van der Waals surface area contributed by atoms with Crippen molar-refractivity contribution in [2.45, 2.75) is 0 Å². The number of rotatable bonds is 2. The molecule has 1 aromatic heterocycles. The van der Waals surface area contributed by atoms with Crippen LogP contribution in [0.25, 0.3) is 0 Å². The lowest BCUT2D eigenvalue weighted by molar-refractivity contribution is 0.102. The minimum absolute atomic E-state index is 0.000494. The van der Waals surface area contributed by atoms with Gasteiger partial charge in [-0.1, -0.05) is 17.7 Å². The summed E-state index contributed by atoms with van der Waals surface area (Å²) in [5.74, 6) is -0.947. The molecule has 1 amide bonds. The van der Waals surface area contributed by atoms with E-state index in [1.807, 2.05) is 0 Å². The molecule has 0 aliphatic rings. The van der Waals surface area contributed by atoms with E-state index in [9.17, 15) is 9.18 Å². The molecule has 0 saturated heterocycles. The molecule has 2 aromatic rings. The Morgan fingerprint density at radius 1 is 1.41 bits per heavy atom. The highest BCUT2D eigenvalue weighted by Gasteiger charge is 2.15. The molecule has 0 saturated carbocycles. The molecule has 88 valence electrons. The van der Waals surface area contributed by atoms with E-state index in [2.05, 4.69) is 21.2 Å². The molecule has 0 unspecified atom stereocenters. The van der Waals surface area contributed by atoms with Crippen LogP contribution in [-0.2, 0) is 0 Å². The summed E-state index contributed by atoms with van der Waals surface area (Å²) >= 11 is 10.3. The number of anilines is 1. The number of hydrogen-bond donors (Lipinski definition) is 1. The minimum atomic E-state index is -0.557. The van der Waals surface area contributed by atoms with Crippen molar-refractivity contribution in [3.63, 3.8) is 0 Å². The van der Waals surface area contributed by atoms with Gasteiger partial charge in [0.25, 0.3) is 5.91 Å². The minimum Gasteiger partial charge on any atom is -0.317 e. The Labute approximate surface area is 115 Å². The first-order chi connectivity index (χ1) is 8.09. The molecule has 0 fully saturated rings. The van der Waals surface area contributed by atoms with E-state index in [1.165, 1.54) is 29.5 Å². The molecular formula is C11H6BrClFNOS. The van der Waals surface area contributed by atoms with Crippen molar-refractivity contribution in [3.8, 4) is 0 Å². The Hall–Kier alpha value is -0.910. The van der Waals surface area contributed by atoms with Gasteiger partial charge in [0.2, 0.25) is 0 Å². The van der Waals surface area contributed by atoms with Crippen molar-refractivity contribution in [1.82, 2.24) is 0 Å². The Kier molecular flexibility index (Phi) is 3.81. The molecule has 0 aliphatic heterocycles. The molecule has 0 bridgehead atoms. The van der Waals surface area contributed by atoms with E-state index < -0.39 is 5.82 Å². The fourth-order valence-corrected chi connectivity index (χ4v) is 2.90. The van der Waals surface area contributed by atoms with E-state index in [1.54, 1.807) is 11.4 Å². The smallest absolute Gasteiger partial charge is 0.267 e. The highest BCUT2D eigenvalue weighted by molar-refractivity contribution is 9.10. The number of hydrogen-bond acceptors (Lipinski definition) is 2. The first kappa shape index (κ1) is 12.5. The molecule has 17 heavy (non-hydrogen) atoms. The summed E-state index contributed by atoms with van der Waals surface area (Å²) in [5.41, 5.74) is -0.000494. The zero-order chi connectivity index (χ0) is 12.4. The molecule has 1 N–H and O–H groups in total. The maximum atomic E-state index is 13.4. The number of thiophene rings is 1. The third-order valence-corrected chi connectivity index (χ3v) is 4.18. The second-order valence-electron chi connectivity index (χ2n) is 3.15. The van der Waals surface area contributed by atoms with Crippen LogP contribution in [0, 0.1) is 5.82 Å². The topological polar surface area (TPSA) is 29.1 Å². The molecule has 1 heterocycles. The lowest BCUT2D eigenvalue weighted by Gasteiger charge is -2.07. The van der Waals surface area contributed by atoms with E-state index in [0.717, 1.165) is 0 Å². The summed E-state index contributed by atoms with van der Waals surface area (Å²) in [6.07, 6.45) is 0. The summed E-state index contributed by atoms with van der Waals surface area (Å²) in [6.45, 7) is 0. The number of nitrogens with one attached hydrogen (secondary N) is 1. The van der Waals surface area contributed by atoms with Gasteiger partial charge in [-0.3, -0.25) is 4.79 Å². The van der Waals surface area contributed by atoms with Crippen LogP contribution in [0.2, 0.25) is 5.02 Å². The van der Waals surface area contributed by atoms with Gasteiger partial charge in [0, 0.05) is 4.47 Å². The summed E-state index contributed by atoms with van der Waals surface area (Å²) in [7, 11) is 0. The quantitative estimate of drug-likeness (QED) is 0.857. The van der Waals surface area contributed by atoms with Gasteiger partial charge < -0.3 is 5.32 Å². The molecule has 1 aromatic carbocycles. The first-order valence-corrected chi connectivity index (χ1v) is 6.63. The van der Waals surface area contributed by atoms with Crippen LogP contribution >= 0.6 is 38.9 Å². The lowest BCUT2D eigenvalue weighted by atomic mass is 10.3. The third-order valence-electron chi connectivity index (χ3n) is 2.02. The maximum Gasteiger partial charge on any atom is 0.267 e. The van der Waals surface area contributed by atoms with Crippen molar-refractivity contribution < 1.29 is 9.18 Å². The summed E-state index contributed by atoms with van der Waals surface area (Å²) in [5, 5.41) is 4.39. The van der Waals surface area contributed by atoms with Gasteiger partial charge in [0.15, 0.2) is 0 Å². The van der Waals surface area contributed by atoms with Crippen molar-refractivity contribution in [2.75, 3.05) is 5.32 Å². The maximum absolute atomic E-state index is 13.4. The predicted octanol–water partition coefficient (Wildman–Crippen LogP) is 4.56. The largest absolute Gasteiger partial charge is 0.317 e. The summed E-state index contributed by atoms with van der Waals surface area (Å²) in [6, 6.07) is 5.99. The van der Waals surface area contributed by atoms with Crippen molar-refractivity contribution in [2.24, 2.45) is 0 Å². The van der Waals surface area contributed by atoms with Crippen LogP contribution in [0.1, 0.15) is 9.67 Å². The van der Waals surface area contributed by atoms with Gasteiger partial charge in [-0.2, -0.15) is 0 Å². The first-order valence-electron chi connectivity index (χ1n) is 4.58. The third kappa shape index (κ3) is 2.68. The van der Waals surface area contributed by atoms with E-state index in [-0.39, 0.29) is 16.6 Å². The monoisotopic (exact) mass is 333 g/mol. The fourth-order valence-electron chi connectivity index (χ4n) is 1.24. The van der Waals surface area contributed by atoms with Crippen LogP contribution in [0.3, 0.4) is 0 Å². The second-order valence-corrected chi connectivity index (χ2v) is 5.33. The van der Waals surface area contributed by atoms with Gasteiger partial charge in [0.1, 0.15) is 10.7 Å². The van der Waals surface area contributed by atoms with Crippen molar-refractivity contribution >= 4 is 50.5 Å². The average Bonchev–Trinajstić information content (AvgIpc) is 2.70. The molecule has 0 atom stereocenters. The molecule has 2 nitrogen and oxygen atoms in total. The SMILES string of the molecule is O=C(Nc1c(F)cccc1Cl)c1sccc1Br. The Morgan fingerprint density at radius 3 is 2.76 bits per heavy atom. The predicted molar refractivity (Wildman–Crippen MR) is 71.4 cm³/mol. The van der Waals surface area contributed by atoms with Crippen LogP contribution in [-0.4, -0.2) is 5.91 Å². The molecular weight excluding hydrogens is 329 g/mol. The zero-order valence-electron chi connectivity index (χ0n) is 8.34. The lowest BCUT2D eigenvalue weighted by Crippen LogP contribution is -2.12. The van der Waals surface area contributed by atoms with Gasteiger partial charge in [-0.15, -0.1) is 11.3 Å². The number of para-hydroxylation sites is 1. The zero-order valence-corrected chi connectivity index (χ0v) is 11.5. The molecule has 0 radical (unpaired) electrons. The molecule has 2 rings (SSSR count). The molecule has 6 heteroatoms. The van der Waals surface area contributed by atoms with Crippen LogP contribution < -0.4 is 5.32 Å². The normalized spacial score (nSPS) is 10.3. The number of carbonyl (C=O) groups excluding carboxylic acids is 1. The van der Waals surface area contributed by atoms with Crippen LogP contribution in [0.4, 0.5) is 10.1 Å².